The van der Waals surface area contributed by atoms with Gasteiger partial charge in [0.1, 0.15) is 0 Å². The van der Waals surface area contributed by atoms with E-state index in [1.807, 2.05) is 25.1 Å². The van der Waals surface area contributed by atoms with Crippen LogP contribution in [0.3, 0.4) is 0 Å². The van der Waals surface area contributed by atoms with Crippen molar-refractivity contribution in [1.82, 2.24) is 3.97 Å². The van der Waals surface area contributed by atoms with Crippen LogP contribution in [-0.2, 0) is 10.0 Å². The molecule has 0 fully saturated rings. The molecule has 3 nitrogen and oxygen atoms in total. The molecule has 0 aliphatic heterocycles. The van der Waals surface area contributed by atoms with Crippen LogP contribution in [0.2, 0.25) is 0 Å². The van der Waals surface area contributed by atoms with Crippen LogP contribution in [0.1, 0.15) is 11.3 Å². The monoisotopic (exact) mass is 284 g/mol. The predicted molar refractivity (Wildman–Crippen MR) is 80.2 cm³/mol. The van der Waals surface area contributed by atoms with E-state index < -0.39 is 10.0 Å². The van der Waals surface area contributed by atoms with E-state index >= 15 is 0 Å². The fraction of sp³-hybridized carbons (Fsp3) is 0.0625. The molecule has 1 aromatic heterocycles. The van der Waals surface area contributed by atoms with E-state index in [0.717, 1.165) is 10.9 Å². The molecule has 0 unspecified atom stereocenters. The SMILES string of the molecule is [CH2]c1cc2ccccc2n1S(=O)(=O)c1ccc(C)cc1. The average molecular weight is 284 g/mol. The number of nitrogens with zero attached hydrogens (tertiary/aromatic N) is 1. The molecule has 20 heavy (non-hydrogen) atoms. The van der Waals surface area contributed by atoms with Gasteiger partial charge < -0.3 is 0 Å². The van der Waals surface area contributed by atoms with Crippen LogP contribution >= 0.6 is 0 Å². The Morgan fingerprint density at radius 2 is 1.65 bits per heavy atom. The zero-order valence-corrected chi connectivity index (χ0v) is 11.9. The second-order valence-corrected chi connectivity index (χ2v) is 6.56. The van der Waals surface area contributed by atoms with Crippen LogP contribution in [-0.4, -0.2) is 12.4 Å². The second-order valence-electron chi connectivity index (χ2n) is 4.78. The van der Waals surface area contributed by atoms with Gasteiger partial charge in [-0.05, 0) is 38.1 Å². The van der Waals surface area contributed by atoms with Gasteiger partial charge in [-0.3, -0.25) is 0 Å². The number of para-hydroxylation sites is 1. The largest absolute Gasteiger partial charge is 0.268 e. The number of aromatic nitrogens is 1. The Kier molecular flexibility index (Phi) is 2.91. The first-order valence-corrected chi connectivity index (χ1v) is 7.69. The highest BCUT2D eigenvalue weighted by atomic mass is 32.2. The number of benzene rings is 2. The zero-order valence-electron chi connectivity index (χ0n) is 11.1. The zero-order chi connectivity index (χ0) is 14.3. The topological polar surface area (TPSA) is 39.1 Å². The minimum atomic E-state index is -3.62. The van der Waals surface area contributed by atoms with E-state index in [1.54, 1.807) is 36.4 Å². The maximum Gasteiger partial charge on any atom is 0.268 e. The molecule has 2 aromatic carbocycles. The maximum atomic E-state index is 12.8. The molecular weight excluding hydrogens is 270 g/mol. The summed E-state index contributed by atoms with van der Waals surface area (Å²) in [4.78, 5) is 0.273. The summed E-state index contributed by atoms with van der Waals surface area (Å²) in [5.74, 6) is 0. The lowest BCUT2D eigenvalue weighted by Gasteiger charge is -2.10. The average Bonchev–Trinajstić information content (AvgIpc) is 2.75. The van der Waals surface area contributed by atoms with E-state index in [0.29, 0.717) is 11.2 Å². The summed E-state index contributed by atoms with van der Waals surface area (Å²) in [5.41, 5.74) is 2.14. The molecule has 0 saturated carbocycles. The van der Waals surface area contributed by atoms with Gasteiger partial charge >= 0.3 is 0 Å². The molecule has 3 rings (SSSR count). The molecular formula is C16H14NO2S. The van der Waals surface area contributed by atoms with Crippen molar-refractivity contribution in [1.29, 1.82) is 0 Å². The van der Waals surface area contributed by atoms with E-state index in [9.17, 15) is 8.42 Å². The van der Waals surface area contributed by atoms with Crippen LogP contribution < -0.4 is 0 Å². The highest BCUT2D eigenvalue weighted by Crippen LogP contribution is 2.25. The van der Waals surface area contributed by atoms with Gasteiger partial charge in [-0.1, -0.05) is 35.9 Å². The molecule has 0 aliphatic rings. The Morgan fingerprint density at radius 3 is 2.35 bits per heavy atom. The van der Waals surface area contributed by atoms with Crippen molar-refractivity contribution in [3.05, 3.63) is 72.8 Å². The first-order chi connectivity index (χ1) is 9.50. The maximum absolute atomic E-state index is 12.8. The second kappa shape index (κ2) is 4.49. The molecule has 1 heterocycles. The molecule has 0 spiro atoms. The van der Waals surface area contributed by atoms with Gasteiger partial charge in [0.2, 0.25) is 0 Å². The molecule has 101 valence electrons. The number of fused-ring (bicyclic) bond motifs is 1. The van der Waals surface area contributed by atoms with Crippen molar-refractivity contribution < 1.29 is 8.42 Å². The molecule has 0 atom stereocenters. The highest BCUT2D eigenvalue weighted by Gasteiger charge is 2.20. The van der Waals surface area contributed by atoms with Gasteiger partial charge in [0.25, 0.3) is 10.0 Å². The summed E-state index contributed by atoms with van der Waals surface area (Å²) in [7, 11) is -3.62. The number of hydrogen-bond donors (Lipinski definition) is 0. The number of hydrogen-bond acceptors (Lipinski definition) is 2. The summed E-state index contributed by atoms with van der Waals surface area (Å²) in [6.45, 7) is 5.78. The standard InChI is InChI=1S/C16H14NO2S/c1-12-7-9-15(10-8-12)20(18,19)17-13(2)11-14-5-3-4-6-16(14)17/h3-11H,2H2,1H3. The Bertz CT molecular complexity index is 874. The van der Waals surface area contributed by atoms with Crippen molar-refractivity contribution in [2.24, 2.45) is 0 Å². The number of rotatable bonds is 2. The van der Waals surface area contributed by atoms with Crippen molar-refractivity contribution in [3.8, 4) is 0 Å². The van der Waals surface area contributed by atoms with Crippen molar-refractivity contribution >= 4 is 20.9 Å². The molecule has 1 radical (unpaired) electrons. The van der Waals surface area contributed by atoms with Crippen LogP contribution in [0.4, 0.5) is 0 Å². The van der Waals surface area contributed by atoms with E-state index in [2.05, 4.69) is 6.92 Å². The van der Waals surface area contributed by atoms with Gasteiger partial charge in [-0.15, -0.1) is 0 Å². The Hall–Kier alpha value is -2.07. The minimum Gasteiger partial charge on any atom is -0.238 e. The fourth-order valence-corrected chi connectivity index (χ4v) is 3.76. The molecule has 3 aromatic rings. The van der Waals surface area contributed by atoms with Crippen LogP contribution in [0.25, 0.3) is 10.9 Å². The molecule has 0 saturated heterocycles. The van der Waals surface area contributed by atoms with Gasteiger partial charge in [0.05, 0.1) is 10.4 Å². The lowest BCUT2D eigenvalue weighted by molar-refractivity contribution is 0.588. The first-order valence-electron chi connectivity index (χ1n) is 6.25. The third-order valence-corrected chi connectivity index (χ3v) is 5.08. The molecule has 0 amide bonds. The molecule has 4 heteroatoms. The minimum absolute atomic E-state index is 0.273. The Balaban J connectivity index is 2.29. The molecule has 0 N–H and O–H groups in total. The van der Waals surface area contributed by atoms with Gasteiger partial charge in [-0.2, -0.15) is 0 Å². The fourth-order valence-electron chi connectivity index (χ4n) is 2.29. The lowest BCUT2D eigenvalue weighted by Crippen LogP contribution is -2.14. The van der Waals surface area contributed by atoms with Crippen LogP contribution in [0, 0.1) is 13.8 Å². The van der Waals surface area contributed by atoms with Crippen molar-refractivity contribution in [3.63, 3.8) is 0 Å². The smallest absolute Gasteiger partial charge is 0.238 e. The Morgan fingerprint density at radius 1 is 1.00 bits per heavy atom. The predicted octanol–water partition coefficient (Wildman–Crippen LogP) is 3.37. The van der Waals surface area contributed by atoms with Gasteiger partial charge in [0.15, 0.2) is 0 Å². The van der Waals surface area contributed by atoms with Crippen LogP contribution in [0.15, 0.2) is 59.5 Å². The first kappa shape index (κ1) is 12.9. The molecule has 0 aliphatic carbocycles. The van der Waals surface area contributed by atoms with E-state index in [1.165, 1.54) is 3.97 Å². The third-order valence-electron chi connectivity index (χ3n) is 3.30. The highest BCUT2D eigenvalue weighted by molar-refractivity contribution is 7.90. The van der Waals surface area contributed by atoms with Gasteiger partial charge in [0, 0.05) is 11.1 Å². The summed E-state index contributed by atoms with van der Waals surface area (Å²) in [6, 6.07) is 16.0. The van der Waals surface area contributed by atoms with E-state index in [-0.39, 0.29) is 4.90 Å². The number of aryl methyl sites for hydroxylation is 1. The van der Waals surface area contributed by atoms with Crippen molar-refractivity contribution in [2.45, 2.75) is 11.8 Å². The summed E-state index contributed by atoms with van der Waals surface area (Å²) < 4.78 is 26.8. The molecule has 0 bridgehead atoms. The summed E-state index contributed by atoms with van der Waals surface area (Å²) >= 11 is 0. The van der Waals surface area contributed by atoms with Gasteiger partial charge in [-0.25, -0.2) is 12.4 Å². The van der Waals surface area contributed by atoms with Crippen molar-refractivity contribution in [2.75, 3.05) is 0 Å². The lowest BCUT2D eigenvalue weighted by atomic mass is 10.2. The summed E-state index contributed by atoms with van der Waals surface area (Å²) in [5, 5.41) is 0.869. The quantitative estimate of drug-likeness (QED) is 0.723. The third kappa shape index (κ3) is 1.93. The van der Waals surface area contributed by atoms with E-state index in [4.69, 9.17) is 0 Å². The Labute approximate surface area is 118 Å². The van der Waals surface area contributed by atoms with Crippen LogP contribution in [0.5, 0.6) is 0 Å². The normalized spacial score (nSPS) is 11.9. The summed E-state index contributed by atoms with van der Waals surface area (Å²) in [6.07, 6.45) is 0.